The molecule has 0 aromatic heterocycles. The fraction of sp³-hybridized carbons (Fsp3) is 0.692. The summed E-state index contributed by atoms with van der Waals surface area (Å²) in [7, 11) is 0. The maximum absolute atomic E-state index is 11.3. The number of nitrogens with one attached hydrogen (secondary N) is 1. The van der Waals surface area contributed by atoms with Gasteiger partial charge in [0.05, 0.1) is 0 Å². The molecule has 9 nitrogen and oxygen atoms in total. The number of thiocarbonyl (C=S) groups is 1. The maximum Gasteiger partial charge on any atom is 0.303 e. The summed E-state index contributed by atoms with van der Waals surface area (Å²) < 4.78 is 20.9. The number of ether oxygens (including phenoxy) is 4. The van der Waals surface area contributed by atoms with Crippen LogP contribution in [0.3, 0.4) is 0 Å². The summed E-state index contributed by atoms with van der Waals surface area (Å²) in [5, 5.41) is 2.69. The lowest BCUT2D eigenvalue weighted by Crippen LogP contribution is -2.58. The van der Waals surface area contributed by atoms with Crippen molar-refractivity contribution in [3.8, 4) is 0 Å². The molecule has 3 N–H and O–H groups in total. The second kappa shape index (κ2) is 8.63. The second-order valence-corrected chi connectivity index (χ2v) is 5.37. The molecule has 0 unspecified atom stereocenters. The molecule has 0 aromatic rings. The zero-order valence-corrected chi connectivity index (χ0v) is 13.9. The van der Waals surface area contributed by atoms with Crippen LogP contribution in [0.2, 0.25) is 0 Å². The van der Waals surface area contributed by atoms with Gasteiger partial charge in [0, 0.05) is 27.2 Å². The van der Waals surface area contributed by atoms with E-state index in [0.717, 1.165) is 0 Å². The molecule has 0 bridgehead atoms. The smallest absolute Gasteiger partial charge is 0.303 e. The first-order valence-corrected chi connectivity index (χ1v) is 7.29. The van der Waals surface area contributed by atoms with Crippen molar-refractivity contribution >= 4 is 35.2 Å². The van der Waals surface area contributed by atoms with Crippen molar-refractivity contribution in [2.75, 3.05) is 6.61 Å². The van der Waals surface area contributed by atoms with Gasteiger partial charge in [-0.2, -0.15) is 0 Å². The average molecular weight is 348 g/mol. The Morgan fingerprint density at radius 1 is 1.17 bits per heavy atom. The van der Waals surface area contributed by atoms with Crippen LogP contribution in [0.5, 0.6) is 0 Å². The lowest BCUT2D eigenvalue weighted by atomic mass is 10.0. The number of rotatable bonds is 5. The molecule has 1 heterocycles. The molecule has 130 valence electrons. The van der Waals surface area contributed by atoms with Gasteiger partial charge in [0.1, 0.15) is 25.0 Å². The summed E-state index contributed by atoms with van der Waals surface area (Å²) in [6, 6.07) is 0. The van der Waals surface area contributed by atoms with Gasteiger partial charge in [-0.05, 0) is 12.2 Å². The highest BCUT2D eigenvalue weighted by Crippen LogP contribution is 2.25. The minimum absolute atomic E-state index is 0.00579. The Hall–Kier alpha value is -1.94. The van der Waals surface area contributed by atoms with Crippen LogP contribution < -0.4 is 11.1 Å². The summed E-state index contributed by atoms with van der Waals surface area (Å²) >= 11 is 4.76. The third-order valence-electron chi connectivity index (χ3n) is 2.89. The van der Waals surface area contributed by atoms with Crippen LogP contribution in [0.25, 0.3) is 0 Å². The molecule has 10 heteroatoms. The average Bonchev–Trinajstić information content (AvgIpc) is 2.37. The van der Waals surface area contributed by atoms with Gasteiger partial charge in [-0.25, -0.2) is 0 Å². The van der Waals surface area contributed by atoms with Gasteiger partial charge in [0.25, 0.3) is 0 Å². The molecule has 1 saturated heterocycles. The molecular weight excluding hydrogens is 328 g/mol. The number of hydrogen-bond acceptors (Lipinski definition) is 8. The molecule has 1 aliphatic heterocycles. The summed E-state index contributed by atoms with van der Waals surface area (Å²) in [5.74, 6) is -1.65. The van der Waals surface area contributed by atoms with E-state index in [-0.39, 0.29) is 18.1 Å². The van der Waals surface area contributed by atoms with E-state index < -0.39 is 42.4 Å². The normalized spacial score (nSPS) is 26.7. The highest BCUT2D eigenvalue weighted by molar-refractivity contribution is 7.80. The summed E-state index contributed by atoms with van der Waals surface area (Å²) in [6.45, 7) is 3.50. The van der Waals surface area contributed by atoms with Crippen LogP contribution in [0.15, 0.2) is 0 Å². The Labute approximate surface area is 138 Å². The van der Waals surface area contributed by atoms with Crippen molar-refractivity contribution in [3.05, 3.63) is 0 Å². The summed E-state index contributed by atoms with van der Waals surface area (Å²) in [5.41, 5.74) is 5.41. The SMILES string of the molecule is CC(=O)OC[C@H]1O[C@H](NC(N)=S)C[C@@H](OC(C)=O)[C@H]1OC(C)=O. The van der Waals surface area contributed by atoms with Crippen molar-refractivity contribution < 1.29 is 33.3 Å². The van der Waals surface area contributed by atoms with Gasteiger partial charge >= 0.3 is 17.9 Å². The number of carbonyl (C=O) groups excluding carboxylic acids is 3. The predicted octanol–water partition coefficient (Wildman–Crippen LogP) is -0.639. The first kappa shape index (κ1) is 19.1. The Morgan fingerprint density at radius 3 is 2.26 bits per heavy atom. The van der Waals surface area contributed by atoms with E-state index in [4.69, 9.17) is 36.9 Å². The molecule has 4 atom stereocenters. The van der Waals surface area contributed by atoms with Gasteiger partial charge < -0.3 is 30.0 Å². The minimum atomic E-state index is -0.917. The van der Waals surface area contributed by atoms with Crippen LogP contribution in [0.4, 0.5) is 0 Å². The third kappa shape index (κ3) is 6.78. The first-order valence-electron chi connectivity index (χ1n) is 6.88. The molecule has 1 fully saturated rings. The Balaban J connectivity index is 2.94. The van der Waals surface area contributed by atoms with E-state index in [2.05, 4.69) is 5.32 Å². The first-order chi connectivity index (χ1) is 10.7. The van der Waals surface area contributed by atoms with Crippen molar-refractivity contribution in [1.29, 1.82) is 0 Å². The van der Waals surface area contributed by atoms with Gasteiger partial charge in [0.2, 0.25) is 0 Å². The van der Waals surface area contributed by atoms with Gasteiger partial charge in [-0.15, -0.1) is 0 Å². The number of esters is 3. The predicted molar refractivity (Wildman–Crippen MR) is 80.9 cm³/mol. The zero-order chi connectivity index (χ0) is 17.6. The third-order valence-corrected chi connectivity index (χ3v) is 3.01. The molecule has 0 radical (unpaired) electrons. The molecule has 1 rings (SSSR count). The largest absolute Gasteiger partial charge is 0.463 e. The lowest BCUT2D eigenvalue weighted by Gasteiger charge is -2.40. The lowest BCUT2D eigenvalue weighted by molar-refractivity contribution is -0.216. The number of nitrogens with two attached hydrogens (primary N) is 1. The molecule has 1 aliphatic rings. The van der Waals surface area contributed by atoms with Crippen LogP contribution in [-0.2, 0) is 33.3 Å². The maximum atomic E-state index is 11.3. The topological polar surface area (TPSA) is 126 Å². The van der Waals surface area contributed by atoms with Crippen molar-refractivity contribution in [2.24, 2.45) is 5.73 Å². The highest BCUT2D eigenvalue weighted by atomic mass is 32.1. The molecule has 0 spiro atoms. The van der Waals surface area contributed by atoms with Gasteiger partial charge in [-0.3, -0.25) is 14.4 Å². The fourth-order valence-electron chi connectivity index (χ4n) is 2.19. The van der Waals surface area contributed by atoms with Gasteiger partial charge in [0.15, 0.2) is 11.2 Å². The van der Waals surface area contributed by atoms with Crippen molar-refractivity contribution in [1.82, 2.24) is 5.32 Å². The zero-order valence-electron chi connectivity index (χ0n) is 13.1. The van der Waals surface area contributed by atoms with Crippen molar-refractivity contribution in [3.63, 3.8) is 0 Å². The summed E-state index contributed by atoms with van der Waals surface area (Å²) in [4.78, 5) is 33.6. The second-order valence-electron chi connectivity index (χ2n) is 4.93. The summed E-state index contributed by atoms with van der Waals surface area (Å²) in [6.07, 6.45) is -3.07. The molecule has 0 aliphatic carbocycles. The molecule has 0 aromatic carbocycles. The fourth-order valence-corrected chi connectivity index (χ4v) is 2.32. The molecule has 23 heavy (non-hydrogen) atoms. The van der Waals surface area contributed by atoms with Crippen LogP contribution in [-0.4, -0.2) is 54.2 Å². The van der Waals surface area contributed by atoms with E-state index >= 15 is 0 Å². The molecule has 0 saturated carbocycles. The van der Waals surface area contributed by atoms with E-state index in [1.807, 2.05) is 0 Å². The van der Waals surface area contributed by atoms with Crippen LogP contribution in [0.1, 0.15) is 27.2 Å². The quantitative estimate of drug-likeness (QED) is 0.376. The Bertz CT molecular complexity index is 485. The number of carbonyl (C=O) groups is 3. The molecule has 0 amide bonds. The highest BCUT2D eigenvalue weighted by Gasteiger charge is 2.43. The Morgan fingerprint density at radius 2 is 1.78 bits per heavy atom. The van der Waals surface area contributed by atoms with Crippen LogP contribution >= 0.6 is 12.2 Å². The standard InChI is InChI=1S/C13H20N2O7S/c1-6(16)19-5-10-12(21-8(3)18)9(20-7(2)17)4-11(22-10)15-13(14)23/h9-12H,4-5H2,1-3H3,(H3,14,15,23)/t9-,10-,11+,12-/m1/s1. The number of hydrogen-bond donors (Lipinski definition) is 2. The molecular formula is C13H20N2O7S. The van der Waals surface area contributed by atoms with Gasteiger partial charge in [-0.1, -0.05) is 0 Å². The van der Waals surface area contributed by atoms with E-state index in [0.29, 0.717) is 0 Å². The van der Waals surface area contributed by atoms with E-state index in [1.165, 1.54) is 20.8 Å². The monoisotopic (exact) mass is 348 g/mol. The minimum Gasteiger partial charge on any atom is -0.463 e. The Kier molecular flexibility index (Phi) is 7.17. The van der Waals surface area contributed by atoms with E-state index in [9.17, 15) is 14.4 Å². The van der Waals surface area contributed by atoms with Crippen LogP contribution in [0, 0.1) is 0 Å². The van der Waals surface area contributed by atoms with E-state index in [1.54, 1.807) is 0 Å². The van der Waals surface area contributed by atoms with Crippen molar-refractivity contribution in [2.45, 2.75) is 51.7 Å².